The van der Waals surface area contributed by atoms with Crippen LogP contribution in [0.15, 0.2) is 90.6 Å². The molecule has 0 atom stereocenters. The highest BCUT2D eigenvalue weighted by Gasteiger charge is 2.34. The van der Waals surface area contributed by atoms with Crippen molar-refractivity contribution in [3.8, 4) is 11.5 Å². The number of hydrogen-bond donors (Lipinski definition) is 1. The monoisotopic (exact) mass is 576 g/mol. The maximum atomic E-state index is 12.9. The summed E-state index contributed by atoms with van der Waals surface area (Å²) in [5, 5.41) is 4.96. The van der Waals surface area contributed by atoms with E-state index in [9.17, 15) is 9.59 Å². The molecule has 0 bridgehead atoms. The zero-order valence-corrected chi connectivity index (χ0v) is 21.0. The molecule has 0 spiro atoms. The summed E-state index contributed by atoms with van der Waals surface area (Å²) in [5.74, 6) is 0.753. The van der Waals surface area contributed by atoms with Gasteiger partial charge in [-0.15, -0.1) is 0 Å². The Morgan fingerprint density at radius 1 is 0.943 bits per heavy atom. The van der Waals surface area contributed by atoms with Crippen molar-refractivity contribution in [1.29, 1.82) is 0 Å². The number of nitrogens with zero attached hydrogens (tertiary/aromatic N) is 1. The number of hydrogen-bond acceptors (Lipinski definition) is 4. The van der Waals surface area contributed by atoms with Crippen LogP contribution in [-0.2, 0) is 11.4 Å². The van der Waals surface area contributed by atoms with Gasteiger partial charge >= 0.3 is 6.03 Å². The Hall–Kier alpha value is -3.85. The van der Waals surface area contributed by atoms with Gasteiger partial charge in [-0.25, -0.2) is 9.69 Å². The van der Waals surface area contributed by atoms with Crippen molar-refractivity contribution >= 4 is 57.1 Å². The molecule has 0 unspecified atom stereocenters. The van der Waals surface area contributed by atoms with Gasteiger partial charge in [0.15, 0.2) is 11.5 Å². The molecule has 1 saturated heterocycles. The first kappa shape index (κ1) is 22.9. The molecule has 1 aliphatic heterocycles. The van der Waals surface area contributed by atoms with Crippen molar-refractivity contribution < 1.29 is 19.1 Å². The normalized spacial score (nSPS) is 14.5. The summed E-state index contributed by atoms with van der Waals surface area (Å²) in [6, 6.07) is 26.4. The number of ether oxygens (including phenoxy) is 2. The Morgan fingerprint density at radius 2 is 1.69 bits per heavy atom. The Morgan fingerprint density at radius 3 is 2.49 bits per heavy atom. The number of anilines is 1. The van der Waals surface area contributed by atoms with Gasteiger partial charge in [0.1, 0.15) is 12.3 Å². The molecule has 6 nitrogen and oxygen atoms in total. The first-order chi connectivity index (χ1) is 17.0. The molecule has 4 aromatic rings. The number of fused-ring (bicyclic) bond motifs is 1. The fourth-order valence-electron chi connectivity index (χ4n) is 4.04. The molecule has 0 radical (unpaired) electrons. The van der Waals surface area contributed by atoms with Crippen LogP contribution in [0.3, 0.4) is 0 Å². The molecular weight excluding hydrogens is 555 g/mol. The lowest BCUT2D eigenvalue weighted by molar-refractivity contribution is -0.113. The number of para-hydroxylation sites is 1. The van der Waals surface area contributed by atoms with E-state index >= 15 is 0 Å². The molecule has 3 amide bonds. The van der Waals surface area contributed by atoms with Crippen molar-refractivity contribution in [2.45, 2.75) is 6.61 Å². The zero-order valence-electron chi connectivity index (χ0n) is 18.8. The number of carbonyl (C=O) groups excluding carboxylic acids is 2. The van der Waals surface area contributed by atoms with Gasteiger partial charge in [0.25, 0.3) is 5.91 Å². The molecule has 1 fully saturated rings. The summed E-state index contributed by atoms with van der Waals surface area (Å²) in [6.45, 7) is 0.384. The second-order valence-corrected chi connectivity index (χ2v) is 9.09. The average Bonchev–Trinajstić information content (AvgIpc) is 3.15. The molecular formula is C28H21IN2O4. The van der Waals surface area contributed by atoms with Crippen LogP contribution in [-0.4, -0.2) is 19.0 Å². The molecule has 0 saturated carbocycles. The highest BCUT2D eigenvalue weighted by Crippen LogP contribution is 2.36. The Labute approximate surface area is 216 Å². The van der Waals surface area contributed by atoms with E-state index in [0.29, 0.717) is 29.4 Å². The van der Waals surface area contributed by atoms with Crippen molar-refractivity contribution in [2.75, 3.05) is 12.0 Å². The first-order valence-corrected chi connectivity index (χ1v) is 12.0. The smallest absolute Gasteiger partial charge is 0.333 e. The van der Waals surface area contributed by atoms with E-state index in [4.69, 9.17) is 9.47 Å². The number of benzene rings is 4. The number of rotatable bonds is 6. The molecule has 4 aromatic carbocycles. The van der Waals surface area contributed by atoms with E-state index in [1.807, 2.05) is 36.4 Å². The molecule has 1 N–H and O–H groups in total. The van der Waals surface area contributed by atoms with E-state index in [1.54, 1.807) is 43.5 Å². The van der Waals surface area contributed by atoms with Gasteiger partial charge < -0.3 is 14.8 Å². The van der Waals surface area contributed by atoms with Crippen molar-refractivity contribution in [3.63, 3.8) is 0 Å². The van der Waals surface area contributed by atoms with Gasteiger partial charge in [0.05, 0.1) is 16.4 Å². The third kappa shape index (κ3) is 4.59. The molecule has 5 rings (SSSR count). The third-order valence-electron chi connectivity index (χ3n) is 5.71. The minimum Gasteiger partial charge on any atom is -0.493 e. The largest absolute Gasteiger partial charge is 0.493 e. The third-order valence-corrected chi connectivity index (χ3v) is 6.51. The van der Waals surface area contributed by atoms with Crippen LogP contribution in [0.1, 0.15) is 11.1 Å². The number of imide groups is 1. The van der Waals surface area contributed by atoms with Gasteiger partial charge in [0, 0.05) is 0 Å². The maximum Gasteiger partial charge on any atom is 0.333 e. The number of methoxy groups -OCH3 is 1. The van der Waals surface area contributed by atoms with E-state index in [2.05, 4.69) is 46.1 Å². The summed E-state index contributed by atoms with van der Waals surface area (Å²) >= 11 is 2.19. The molecule has 174 valence electrons. The Bertz CT molecular complexity index is 1460. The predicted molar refractivity (Wildman–Crippen MR) is 144 cm³/mol. The Kier molecular flexibility index (Phi) is 6.41. The number of urea groups is 1. The molecule has 35 heavy (non-hydrogen) atoms. The topological polar surface area (TPSA) is 67.9 Å². The summed E-state index contributed by atoms with van der Waals surface area (Å²) in [4.78, 5) is 26.5. The Balaban J connectivity index is 1.40. The van der Waals surface area contributed by atoms with Crippen LogP contribution in [0.2, 0.25) is 0 Å². The number of carbonyl (C=O) groups is 2. The lowest BCUT2D eigenvalue weighted by Crippen LogP contribution is -2.30. The van der Waals surface area contributed by atoms with Crippen LogP contribution in [0.25, 0.3) is 16.8 Å². The fourth-order valence-corrected chi connectivity index (χ4v) is 4.83. The molecule has 1 aliphatic rings. The lowest BCUT2D eigenvalue weighted by Gasteiger charge is -2.15. The van der Waals surface area contributed by atoms with Crippen molar-refractivity contribution in [2.24, 2.45) is 0 Å². The van der Waals surface area contributed by atoms with E-state index in [0.717, 1.165) is 24.8 Å². The first-order valence-electron chi connectivity index (χ1n) is 10.9. The van der Waals surface area contributed by atoms with Gasteiger partial charge in [0.2, 0.25) is 0 Å². The summed E-state index contributed by atoms with van der Waals surface area (Å²) < 4.78 is 12.6. The van der Waals surface area contributed by atoms with Crippen LogP contribution in [0.4, 0.5) is 10.5 Å². The maximum absolute atomic E-state index is 12.9. The van der Waals surface area contributed by atoms with Gasteiger partial charge in [-0.1, -0.05) is 60.7 Å². The van der Waals surface area contributed by atoms with Gasteiger partial charge in [-0.2, -0.15) is 0 Å². The van der Waals surface area contributed by atoms with Crippen LogP contribution < -0.4 is 19.7 Å². The number of nitrogens with one attached hydrogen (secondary N) is 1. The highest BCUT2D eigenvalue weighted by atomic mass is 127. The molecule has 0 aliphatic carbocycles. The van der Waals surface area contributed by atoms with Crippen LogP contribution in [0, 0.1) is 3.57 Å². The predicted octanol–water partition coefficient (Wildman–Crippen LogP) is 6.13. The fraction of sp³-hybridized carbons (Fsp3) is 0.0714. The molecule has 0 aromatic heterocycles. The summed E-state index contributed by atoms with van der Waals surface area (Å²) in [7, 11) is 1.58. The number of halogens is 1. The number of amides is 3. The van der Waals surface area contributed by atoms with Gasteiger partial charge in [-0.05, 0) is 74.8 Å². The molecule has 7 heteroatoms. The second-order valence-electron chi connectivity index (χ2n) is 7.93. The minimum absolute atomic E-state index is 0.195. The second kappa shape index (κ2) is 9.79. The summed E-state index contributed by atoms with van der Waals surface area (Å²) in [6.07, 6.45) is 1.64. The molecule has 1 heterocycles. The van der Waals surface area contributed by atoms with Crippen LogP contribution >= 0.6 is 22.6 Å². The van der Waals surface area contributed by atoms with E-state index < -0.39 is 11.9 Å². The summed E-state index contributed by atoms with van der Waals surface area (Å²) in [5.41, 5.74) is 2.50. The quantitative estimate of drug-likeness (QED) is 0.171. The standard InChI is InChI=1S/C28H21IN2O4/c1-34-25-16-18(15-24-27(32)31(28(33)30-24)21-11-3-2-4-12-21)14-23(29)26(25)35-17-20-10-7-9-19-8-5-6-13-22(19)20/h2-16H,17H2,1H3,(H,30,33)/b24-15+. The lowest BCUT2D eigenvalue weighted by atomic mass is 10.1. The van der Waals surface area contributed by atoms with E-state index in [1.165, 1.54) is 0 Å². The minimum atomic E-state index is -0.482. The average molecular weight is 576 g/mol. The van der Waals surface area contributed by atoms with Crippen molar-refractivity contribution in [1.82, 2.24) is 5.32 Å². The zero-order chi connectivity index (χ0) is 24.4. The SMILES string of the molecule is COc1cc(/C=C2/NC(=O)N(c3ccccc3)C2=O)cc(I)c1OCc1cccc2ccccc12. The van der Waals surface area contributed by atoms with Crippen molar-refractivity contribution in [3.05, 3.63) is 105 Å². The van der Waals surface area contributed by atoms with E-state index in [-0.39, 0.29) is 5.70 Å². The van der Waals surface area contributed by atoms with Gasteiger partial charge in [-0.3, -0.25) is 4.79 Å². The highest BCUT2D eigenvalue weighted by molar-refractivity contribution is 14.1. The van der Waals surface area contributed by atoms with Crippen LogP contribution in [0.5, 0.6) is 11.5 Å².